The number of aromatic nitrogens is 1. The summed E-state index contributed by atoms with van der Waals surface area (Å²) in [6.07, 6.45) is 1.70. The van der Waals surface area contributed by atoms with E-state index in [1.54, 1.807) is 18.3 Å². The summed E-state index contributed by atoms with van der Waals surface area (Å²) >= 11 is 5.91. The van der Waals surface area contributed by atoms with Gasteiger partial charge >= 0.3 is 0 Å². The normalized spacial score (nSPS) is 10.7. The van der Waals surface area contributed by atoms with Crippen LogP contribution in [0.1, 0.15) is 5.56 Å². The lowest BCUT2D eigenvalue weighted by Gasteiger charge is -2.10. The summed E-state index contributed by atoms with van der Waals surface area (Å²) < 4.78 is 18.6. The van der Waals surface area contributed by atoms with Crippen LogP contribution < -0.4 is 4.74 Å². The molecule has 0 saturated heterocycles. The number of halogens is 2. The molecule has 2 nitrogen and oxygen atoms in total. The standard InChI is InChI=1S/C16H11ClFNO/c17-9-11-10-19-16(15-4-2-1-3-14(11)15)20-13-7-5-12(18)6-8-13/h1-8,10H,9H2. The topological polar surface area (TPSA) is 22.1 Å². The van der Waals surface area contributed by atoms with Gasteiger partial charge in [-0.05, 0) is 41.3 Å². The molecule has 20 heavy (non-hydrogen) atoms. The molecule has 0 spiro atoms. The molecule has 0 amide bonds. The van der Waals surface area contributed by atoms with E-state index in [1.165, 1.54) is 12.1 Å². The average molecular weight is 288 g/mol. The zero-order valence-electron chi connectivity index (χ0n) is 10.5. The Morgan fingerprint density at radius 1 is 1.00 bits per heavy atom. The van der Waals surface area contributed by atoms with E-state index in [4.69, 9.17) is 16.3 Å². The molecule has 2 aromatic carbocycles. The highest BCUT2D eigenvalue weighted by Crippen LogP contribution is 2.30. The first-order chi connectivity index (χ1) is 9.78. The lowest BCUT2D eigenvalue weighted by atomic mass is 10.1. The Morgan fingerprint density at radius 3 is 2.40 bits per heavy atom. The first-order valence-corrected chi connectivity index (χ1v) is 6.67. The van der Waals surface area contributed by atoms with Crippen LogP contribution in [-0.2, 0) is 5.88 Å². The molecule has 0 unspecified atom stereocenters. The molecule has 0 saturated carbocycles. The van der Waals surface area contributed by atoms with Crippen molar-refractivity contribution in [1.29, 1.82) is 0 Å². The Morgan fingerprint density at radius 2 is 1.70 bits per heavy atom. The van der Waals surface area contributed by atoms with Gasteiger partial charge in [-0.15, -0.1) is 11.6 Å². The quantitative estimate of drug-likeness (QED) is 0.639. The Bertz CT molecular complexity index is 743. The zero-order chi connectivity index (χ0) is 13.9. The fourth-order valence-corrected chi connectivity index (χ4v) is 2.24. The first kappa shape index (κ1) is 12.9. The second-order valence-corrected chi connectivity index (χ2v) is 4.59. The van der Waals surface area contributed by atoms with Crippen molar-refractivity contribution >= 4 is 22.4 Å². The lowest BCUT2D eigenvalue weighted by Crippen LogP contribution is -1.92. The van der Waals surface area contributed by atoms with Crippen LogP contribution in [0, 0.1) is 5.82 Å². The maximum Gasteiger partial charge on any atom is 0.227 e. The number of alkyl halides is 1. The minimum atomic E-state index is -0.298. The highest BCUT2D eigenvalue weighted by Gasteiger charge is 2.08. The van der Waals surface area contributed by atoms with Crippen LogP contribution in [-0.4, -0.2) is 4.98 Å². The molecule has 3 aromatic rings. The number of pyridine rings is 1. The van der Waals surface area contributed by atoms with Crippen molar-refractivity contribution in [1.82, 2.24) is 4.98 Å². The molecule has 100 valence electrons. The van der Waals surface area contributed by atoms with Crippen molar-refractivity contribution in [3.05, 3.63) is 66.1 Å². The predicted molar refractivity (Wildman–Crippen MR) is 77.8 cm³/mol. The number of rotatable bonds is 3. The van der Waals surface area contributed by atoms with E-state index >= 15 is 0 Å². The first-order valence-electron chi connectivity index (χ1n) is 6.14. The summed E-state index contributed by atoms with van der Waals surface area (Å²) in [5, 5.41) is 1.89. The van der Waals surface area contributed by atoms with Crippen LogP contribution in [0.4, 0.5) is 4.39 Å². The predicted octanol–water partition coefficient (Wildman–Crippen LogP) is 4.91. The summed E-state index contributed by atoms with van der Waals surface area (Å²) in [5.41, 5.74) is 0.953. The Hall–Kier alpha value is -2.13. The van der Waals surface area contributed by atoms with Gasteiger partial charge < -0.3 is 4.74 Å². The van der Waals surface area contributed by atoms with Gasteiger partial charge in [-0.25, -0.2) is 9.37 Å². The lowest BCUT2D eigenvalue weighted by molar-refractivity contribution is 0.467. The summed E-state index contributed by atoms with van der Waals surface area (Å²) in [6.45, 7) is 0. The second-order valence-electron chi connectivity index (χ2n) is 4.32. The second kappa shape index (κ2) is 5.47. The van der Waals surface area contributed by atoms with Crippen molar-refractivity contribution in [2.75, 3.05) is 0 Å². The van der Waals surface area contributed by atoms with Crippen LogP contribution in [0.2, 0.25) is 0 Å². The van der Waals surface area contributed by atoms with Crippen molar-refractivity contribution in [3.63, 3.8) is 0 Å². The highest BCUT2D eigenvalue weighted by atomic mass is 35.5. The Labute approximate surface area is 120 Å². The fraction of sp³-hybridized carbons (Fsp3) is 0.0625. The van der Waals surface area contributed by atoms with Gasteiger partial charge in [0.25, 0.3) is 0 Å². The van der Waals surface area contributed by atoms with Crippen molar-refractivity contribution in [2.24, 2.45) is 0 Å². The summed E-state index contributed by atoms with van der Waals surface area (Å²) in [6, 6.07) is 13.6. The molecule has 1 heterocycles. The van der Waals surface area contributed by atoms with Gasteiger partial charge in [-0.2, -0.15) is 0 Å². The van der Waals surface area contributed by atoms with Crippen molar-refractivity contribution in [2.45, 2.75) is 5.88 Å². The summed E-state index contributed by atoms with van der Waals surface area (Å²) in [4.78, 5) is 4.29. The van der Waals surface area contributed by atoms with Crippen LogP contribution >= 0.6 is 11.6 Å². The van der Waals surface area contributed by atoms with Crippen LogP contribution in [0.3, 0.4) is 0 Å². The zero-order valence-corrected chi connectivity index (χ0v) is 11.3. The summed E-state index contributed by atoms with van der Waals surface area (Å²) in [5.74, 6) is 1.13. The largest absolute Gasteiger partial charge is 0.438 e. The highest BCUT2D eigenvalue weighted by molar-refractivity contribution is 6.18. The molecule has 0 fully saturated rings. The minimum Gasteiger partial charge on any atom is -0.438 e. The Kier molecular flexibility index (Phi) is 3.52. The van der Waals surface area contributed by atoms with E-state index in [0.29, 0.717) is 17.5 Å². The number of fused-ring (bicyclic) bond motifs is 1. The molecule has 0 aliphatic heterocycles. The third-order valence-electron chi connectivity index (χ3n) is 3.01. The van der Waals surface area contributed by atoms with Crippen molar-refractivity contribution < 1.29 is 9.13 Å². The van der Waals surface area contributed by atoms with Gasteiger partial charge in [0.2, 0.25) is 5.88 Å². The molecular formula is C16H11ClFNO. The molecule has 0 aliphatic carbocycles. The van der Waals surface area contributed by atoms with E-state index in [0.717, 1.165) is 16.3 Å². The van der Waals surface area contributed by atoms with Gasteiger partial charge in [0.15, 0.2) is 0 Å². The average Bonchev–Trinajstić information content (AvgIpc) is 2.50. The number of ether oxygens (including phenoxy) is 1. The fourth-order valence-electron chi connectivity index (χ4n) is 2.03. The maximum atomic E-state index is 12.9. The smallest absolute Gasteiger partial charge is 0.227 e. The van der Waals surface area contributed by atoms with E-state index in [2.05, 4.69) is 4.98 Å². The number of nitrogens with zero attached hydrogens (tertiary/aromatic N) is 1. The van der Waals surface area contributed by atoms with E-state index < -0.39 is 0 Å². The molecule has 0 N–H and O–H groups in total. The van der Waals surface area contributed by atoms with E-state index in [-0.39, 0.29) is 5.82 Å². The molecule has 0 bridgehead atoms. The van der Waals surface area contributed by atoms with Gasteiger partial charge in [0, 0.05) is 17.5 Å². The third kappa shape index (κ3) is 2.45. The number of hydrogen-bond donors (Lipinski definition) is 0. The monoisotopic (exact) mass is 287 g/mol. The number of hydrogen-bond acceptors (Lipinski definition) is 2. The van der Waals surface area contributed by atoms with Crippen LogP contribution in [0.5, 0.6) is 11.6 Å². The SMILES string of the molecule is Fc1ccc(Oc2ncc(CCl)c3ccccc23)cc1. The molecule has 4 heteroatoms. The van der Waals surface area contributed by atoms with Gasteiger partial charge in [-0.3, -0.25) is 0 Å². The molecule has 0 radical (unpaired) electrons. The minimum absolute atomic E-state index is 0.298. The maximum absolute atomic E-state index is 12.9. The van der Waals surface area contributed by atoms with E-state index in [9.17, 15) is 4.39 Å². The number of benzene rings is 2. The van der Waals surface area contributed by atoms with Crippen LogP contribution in [0.15, 0.2) is 54.7 Å². The summed E-state index contributed by atoms with van der Waals surface area (Å²) in [7, 11) is 0. The molecule has 3 rings (SSSR count). The Balaban J connectivity index is 2.06. The molecule has 0 aliphatic rings. The van der Waals surface area contributed by atoms with E-state index in [1.807, 2.05) is 24.3 Å². The molecule has 1 aromatic heterocycles. The third-order valence-corrected chi connectivity index (χ3v) is 3.30. The molecule has 0 atom stereocenters. The van der Waals surface area contributed by atoms with Crippen molar-refractivity contribution in [3.8, 4) is 11.6 Å². The van der Waals surface area contributed by atoms with Gasteiger partial charge in [0.05, 0.1) is 0 Å². The molecular weight excluding hydrogens is 277 g/mol. The van der Waals surface area contributed by atoms with Gasteiger partial charge in [0.1, 0.15) is 11.6 Å². The van der Waals surface area contributed by atoms with Crippen LogP contribution in [0.25, 0.3) is 10.8 Å². The van der Waals surface area contributed by atoms with Gasteiger partial charge in [-0.1, -0.05) is 18.2 Å².